The molecule has 3 heterocycles. The first kappa shape index (κ1) is 18.1. The number of hydrogen-bond donors (Lipinski definition) is 0. The maximum absolute atomic E-state index is 12.2. The van der Waals surface area contributed by atoms with Crippen LogP contribution in [0.1, 0.15) is 26.0 Å². The number of piperidine rings is 1. The van der Waals surface area contributed by atoms with Crippen LogP contribution < -0.4 is 0 Å². The van der Waals surface area contributed by atoms with Crippen LogP contribution in [0.25, 0.3) is 10.6 Å². The molecule has 134 valence electrons. The summed E-state index contributed by atoms with van der Waals surface area (Å²) in [7, 11) is 0. The van der Waals surface area contributed by atoms with Gasteiger partial charge in [0, 0.05) is 29.4 Å². The summed E-state index contributed by atoms with van der Waals surface area (Å²) in [4.78, 5) is 30.5. The van der Waals surface area contributed by atoms with Crippen molar-refractivity contribution in [2.24, 2.45) is 11.8 Å². The molecule has 1 amide bonds. The number of nitrogens with zero attached hydrogens (tertiary/aromatic N) is 2. The Hall–Kier alpha value is -1.73. The molecule has 0 aromatic carbocycles. The highest BCUT2D eigenvalue weighted by molar-refractivity contribution is 7.14. The van der Waals surface area contributed by atoms with E-state index in [9.17, 15) is 9.59 Å². The van der Waals surface area contributed by atoms with Crippen molar-refractivity contribution in [3.8, 4) is 10.6 Å². The van der Waals surface area contributed by atoms with Gasteiger partial charge in [0.05, 0.1) is 12.1 Å². The number of esters is 1. The molecule has 2 aromatic heterocycles. The molecule has 1 aliphatic heterocycles. The van der Waals surface area contributed by atoms with Crippen molar-refractivity contribution in [1.82, 2.24) is 9.88 Å². The van der Waals surface area contributed by atoms with Gasteiger partial charge in [0.2, 0.25) is 0 Å². The third kappa shape index (κ3) is 4.89. The Morgan fingerprint density at radius 3 is 2.72 bits per heavy atom. The minimum Gasteiger partial charge on any atom is -0.455 e. The van der Waals surface area contributed by atoms with E-state index < -0.39 is 5.97 Å². The number of thiophene rings is 1. The maximum Gasteiger partial charge on any atom is 0.312 e. The lowest BCUT2D eigenvalue weighted by Gasteiger charge is -2.34. The summed E-state index contributed by atoms with van der Waals surface area (Å²) in [6, 6.07) is 2.00. The quantitative estimate of drug-likeness (QED) is 0.748. The molecule has 25 heavy (non-hydrogen) atoms. The van der Waals surface area contributed by atoms with Crippen molar-refractivity contribution in [3.05, 3.63) is 27.9 Å². The van der Waals surface area contributed by atoms with Gasteiger partial charge in [-0.3, -0.25) is 9.59 Å². The zero-order chi connectivity index (χ0) is 17.8. The molecule has 2 atom stereocenters. The average Bonchev–Trinajstić information content (AvgIpc) is 3.22. The molecule has 0 unspecified atom stereocenters. The van der Waals surface area contributed by atoms with Crippen LogP contribution in [-0.4, -0.2) is 41.5 Å². The SMILES string of the molecule is C[C@@H]1C[C@H](C)CN(C(=O)COC(=O)Cc2csc(-c3ccsc3)n2)C1. The van der Waals surface area contributed by atoms with Gasteiger partial charge in [-0.15, -0.1) is 11.3 Å². The van der Waals surface area contributed by atoms with Gasteiger partial charge in [-0.2, -0.15) is 11.3 Å². The molecule has 3 rings (SSSR count). The number of aromatic nitrogens is 1. The number of carbonyl (C=O) groups is 2. The number of thiazole rings is 1. The van der Waals surface area contributed by atoms with Crippen molar-refractivity contribution in [2.75, 3.05) is 19.7 Å². The Kier molecular flexibility index (Phi) is 5.86. The van der Waals surface area contributed by atoms with Crippen LogP contribution in [-0.2, 0) is 20.7 Å². The number of likely N-dealkylation sites (tertiary alicyclic amines) is 1. The first-order valence-electron chi connectivity index (χ1n) is 8.41. The molecule has 0 spiro atoms. The van der Waals surface area contributed by atoms with Crippen LogP contribution in [0.5, 0.6) is 0 Å². The van der Waals surface area contributed by atoms with E-state index in [0.29, 0.717) is 17.5 Å². The van der Waals surface area contributed by atoms with Gasteiger partial charge in [-0.1, -0.05) is 13.8 Å². The molecule has 1 saturated heterocycles. The highest BCUT2D eigenvalue weighted by atomic mass is 32.1. The second-order valence-corrected chi connectivity index (χ2v) is 8.38. The molecule has 2 aromatic rings. The number of hydrogen-bond acceptors (Lipinski definition) is 6. The van der Waals surface area contributed by atoms with Crippen LogP contribution in [0.3, 0.4) is 0 Å². The fourth-order valence-corrected chi connectivity index (χ4v) is 4.74. The number of amides is 1. The third-order valence-electron chi connectivity index (χ3n) is 4.22. The third-order valence-corrected chi connectivity index (χ3v) is 5.85. The van der Waals surface area contributed by atoms with Crippen LogP contribution in [0.15, 0.2) is 22.2 Å². The standard InChI is InChI=1S/C18H22N2O3S2/c1-12-5-13(2)8-20(7-12)16(21)9-23-17(22)6-15-11-25-18(19-15)14-3-4-24-10-14/h3-4,10-13H,5-9H2,1-2H3/t12-,13+. The molecule has 1 aliphatic rings. The first-order chi connectivity index (χ1) is 12.0. The molecule has 1 fully saturated rings. The van der Waals surface area contributed by atoms with E-state index >= 15 is 0 Å². The summed E-state index contributed by atoms with van der Waals surface area (Å²) in [5.41, 5.74) is 1.75. The molecule has 0 bridgehead atoms. The van der Waals surface area contributed by atoms with Gasteiger partial charge >= 0.3 is 5.97 Å². The first-order valence-corrected chi connectivity index (χ1v) is 10.2. The smallest absolute Gasteiger partial charge is 0.312 e. The van der Waals surface area contributed by atoms with E-state index in [1.54, 1.807) is 11.3 Å². The lowest BCUT2D eigenvalue weighted by molar-refractivity contribution is -0.152. The monoisotopic (exact) mass is 378 g/mol. The number of rotatable bonds is 5. The van der Waals surface area contributed by atoms with E-state index in [1.807, 2.05) is 27.1 Å². The van der Waals surface area contributed by atoms with Crippen molar-refractivity contribution in [1.29, 1.82) is 0 Å². The van der Waals surface area contributed by atoms with E-state index in [2.05, 4.69) is 18.8 Å². The predicted octanol–water partition coefficient (Wildman–Crippen LogP) is 3.46. The summed E-state index contributed by atoms with van der Waals surface area (Å²) >= 11 is 3.12. The van der Waals surface area contributed by atoms with Crippen molar-refractivity contribution in [2.45, 2.75) is 26.7 Å². The number of carbonyl (C=O) groups excluding carboxylic acids is 2. The van der Waals surface area contributed by atoms with Crippen LogP contribution >= 0.6 is 22.7 Å². The Morgan fingerprint density at radius 2 is 2.04 bits per heavy atom. The lowest BCUT2D eigenvalue weighted by atomic mass is 9.92. The van der Waals surface area contributed by atoms with Gasteiger partial charge in [0.15, 0.2) is 6.61 Å². The summed E-state index contributed by atoms with van der Waals surface area (Å²) in [6.07, 6.45) is 1.24. The largest absolute Gasteiger partial charge is 0.455 e. The van der Waals surface area contributed by atoms with Gasteiger partial charge in [0.25, 0.3) is 5.91 Å². The van der Waals surface area contributed by atoms with Crippen molar-refractivity contribution < 1.29 is 14.3 Å². The summed E-state index contributed by atoms with van der Waals surface area (Å²) < 4.78 is 5.17. The predicted molar refractivity (Wildman–Crippen MR) is 99.6 cm³/mol. The lowest BCUT2D eigenvalue weighted by Crippen LogP contribution is -2.44. The van der Waals surface area contributed by atoms with E-state index in [4.69, 9.17) is 4.74 Å². The molecule has 5 nitrogen and oxygen atoms in total. The van der Waals surface area contributed by atoms with Crippen LogP contribution in [0.4, 0.5) is 0 Å². The second kappa shape index (κ2) is 8.10. The Bertz CT molecular complexity index is 717. The van der Waals surface area contributed by atoms with Crippen LogP contribution in [0.2, 0.25) is 0 Å². The van der Waals surface area contributed by atoms with E-state index in [-0.39, 0.29) is 18.9 Å². The van der Waals surface area contributed by atoms with Gasteiger partial charge in [-0.25, -0.2) is 4.98 Å². The van der Waals surface area contributed by atoms with Crippen molar-refractivity contribution in [3.63, 3.8) is 0 Å². The maximum atomic E-state index is 12.2. The Morgan fingerprint density at radius 1 is 1.28 bits per heavy atom. The summed E-state index contributed by atoms with van der Waals surface area (Å²) in [5, 5.41) is 6.79. The molecule has 0 saturated carbocycles. The fraction of sp³-hybridized carbons (Fsp3) is 0.500. The second-order valence-electron chi connectivity index (χ2n) is 6.74. The van der Waals surface area contributed by atoms with Gasteiger partial charge in [0.1, 0.15) is 5.01 Å². The van der Waals surface area contributed by atoms with E-state index in [0.717, 1.165) is 30.1 Å². The molecular formula is C18H22N2O3S2. The number of ether oxygens (including phenoxy) is 1. The van der Waals surface area contributed by atoms with E-state index in [1.165, 1.54) is 11.3 Å². The van der Waals surface area contributed by atoms with Crippen LogP contribution in [0, 0.1) is 11.8 Å². The molecule has 0 radical (unpaired) electrons. The molecule has 0 aliphatic carbocycles. The normalized spacial score (nSPS) is 20.5. The van der Waals surface area contributed by atoms with Gasteiger partial charge in [-0.05, 0) is 29.7 Å². The fourth-order valence-electron chi connectivity index (χ4n) is 3.21. The highest BCUT2D eigenvalue weighted by Gasteiger charge is 2.26. The minimum absolute atomic E-state index is 0.0979. The molecule has 0 N–H and O–H groups in total. The minimum atomic E-state index is -0.409. The highest BCUT2D eigenvalue weighted by Crippen LogP contribution is 2.26. The topological polar surface area (TPSA) is 59.5 Å². The molecule has 7 heteroatoms. The molecular weight excluding hydrogens is 356 g/mol. The summed E-state index contributed by atoms with van der Waals surface area (Å²) in [6.45, 7) is 5.61. The Balaban J connectivity index is 1.47. The summed E-state index contributed by atoms with van der Waals surface area (Å²) in [5.74, 6) is 0.473. The Labute approximate surface area is 155 Å². The zero-order valence-electron chi connectivity index (χ0n) is 14.4. The zero-order valence-corrected chi connectivity index (χ0v) is 16.1. The van der Waals surface area contributed by atoms with Crippen molar-refractivity contribution >= 4 is 34.6 Å². The van der Waals surface area contributed by atoms with Gasteiger partial charge < -0.3 is 9.64 Å². The average molecular weight is 379 g/mol.